The quantitative estimate of drug-likeness (QED) is 0.867. The average Bonchev–Trinajstić information content (AvgIpc) is 2.74. The number of aryl methyl sites for hydroxylation is 2. The second kappa shape index (κ2) is 7.01. The molecule has 0 fully saturated rings. The first-order valence-corrected chi connectivity index (χ1v) is 7.94. The number of hydrogen-bond acceptors (Lipinski definition) is 2. The molecule has 0 aliphatic carbocycles. The van der Waals surface area contributed by atoms with Crippen molar-refractivity contribution in [1.82, 2.24) is 15.1 Å². The zero-order chi connectivity index (χ0) is 15.6. The van der Waals surface area contributed by atoms with Crippen LogP contribution in [-0.4, -0.2) is 16.8 Å². The summed E-state index contributed by atoms with van der Waals surface area (Å²) in [5.74, 6) is 0. The van der Waals surface area contributed by atoms with Crippen LogP contribution in [0.3, 0.4) is 0 Å². The first kappa shape index (κ1) is 16.6. The molecule has 1 aromatic carbocycles. The van der Waals surface area contributed by atoms with Crippen LogP contribution in [0.4, 0.5) is 0 Å². The number of halogens is 3. The van der Waals surface area contributed by atoms with E-state index in [2.05, 4.69) is 10.4 Å². The standard InChI is InChI=1S/C15H18Cl3N3/c1-4-11-15(18)13(21(3)20-11)8-12(19-2)9-6-5-7-10(16)14(9)17/h5-7,12,19H,4,8H2,1-3H3. The molecule has 0 amide bonds. The smallest absolute Gasteiger partial charge is 0.0850 e. The lowest BCUT2D eigenvalue weighted by Crippen LogP contribution is -2.20. The summed E-state index contributed by atoms with van der Waals surface area (Å²) >= 11 is 18.8. The van der Waals surface area contributed by atoms with Crippen LogP contribution in [-0.2, 0) is 19.9 Å². The van der Waals surface area contributed by atoms with Crippen molar-refractivity contribution >= 4 is 34.8 Å². The number of aromatic nitrogens is 2. The fourth-order valence-corrected chi connectivity index (χ4v) is 3.20. The molecule has 0 aliphatic rings. The SMILES string of the molecule is CCc1nn(C)c(CC(NC)c2cccc(Cl)c2Cl)c1Cl. The fraction of sp³-hybridized carbons (Fsp3) is 0.400. The molecule has 6 heteroatoms. The Labute approximate surface area is 140 Å². The van der Waals surface area contributed by atoms with Gasteiger partial charge in [0.15, 0.2) is 0 Å². The molecule has 1 unspecified atom stereocenters. The molecule has 0 aliphatic heterocycles. The summed E-state index contributed by atoms with van der Waals surface area (Å²) in [6.45, 7) is 2.04. The Morgan fingerprint density at radius 1 is 1.24 bits per heavy atom. The van der Waals surface area contributed by atoms with Gasteiger partial charge in [-0.2, -0.15) is 5.10 Å². The molecule has 2 aromatic rings. The molecule has 0 radical (unpaired) electrons. The summed E-state index contributed by atoms with van der Waals surface area (Å²) in [6.07, 6.45) is 1.51. The Morgan fingerprint density at radius 3 is 2.52 bits per heavy atom. The molecule has 1 heterocycles. The van der Waals surface area contributed by atoms with E-state index in [-0.39, 0.29) is 6.04 Å². The van der Waals surface area contributed by atoms with Crippen LogP contribution in [0.5, 0.6) is 0 Å². The minimum absolute atomic E-state index is 0.0220. The Bertz CT molecular complexity index is 637. The zero-order valence-corrected chi connectivity index (χ0v) is 14.5. The van der Waals surface area contributed by atoms with Crippen LogP contribution in [0.1, 0.15) is 29.9 Å². The van der Waals surface area contributed by atoms with Crippen LogP contribution in [0, 0.1) is 0 Å². The summed E-state index contributed by atoms with van der Waals surface area (Å²) < 4.78 is 1.84. The molecular formula is C15H18Cl3N3. The monoisotopic (exact) mass is 345 g/mol. The topological polar surface area (TPSA) is 29.9 Å². The second-order valence-electron chi connectivity index (χ2n) is 4.87. The Morgan fingerprint density at radius 2 is 1.95 bits per heavy atom. The van der Waals surface area contributed by atoms with Crippen molar-refractivity contribution in [3.63, 3.8) is 0 Å². The highest BCUT2D eigenvalue weighted by Crippen LogP contribution is 2.33. The predicted octanol–water partition coefficient (Wildman–Crippen LogP) is 4.45. The summed E-state index contributed by atoms with van der Waals surface area (Å²) in [4.78, 5) is 0. The van der Waals surface area contributed by atoms with Gasteiger partial charge >= 0.3 is 0 Å². The molecular weight excluding hydrogens is 329 g/mol. The maximum Gasteiger partial charge on any atom is 0.0850 e. The third-order valence-corrected chi connectivity index (χ3v) is 4.88. The van der Waals surface area contributed by atoms with Crippen LogP contribution >= 0.6 is 34.8 Å². The van der Waals surface area contributed by atoms with Gasteiger partial charge in [0.2, 0.25) is 0 Å². The van der Waals surface area contributed by atoms with Crippen molar-refractivity contribution in [2.24, 2.45) is 7.05 Å². The molecule has 1 N–H and O–H groups in total. The van der Waals surface area contributed by atoms with Crippen LogP contribution in [0.2, 0.25) is 15.1 Å². The van der Waals surface area contributed by atoms with Crippen molar-refractivity contribution in [1.29, 1.82) is 0 Å². The van der Waals surface area contributed by atoms with Gasteiger partial charge in [-0.3, -0.25) is 4.68 Å². The van der Waals surface area contributed by atoms with Gasteiger partial charge < -0.3 is 5.32 Å². The average molecular weight is 347 g/mol. The first-order valence-electron chi connectivity index (χ1n) is 6.81. The molecule has 0 bridgehead atoms. The van der Waals surface area contributed by atoms with Gasteiger partial charge in [-0.05, 0) is 25.1 Å². The van der Waals surface area contributed by atoms with E-state index < -0.39 is 0 Å². The van der Waals surface area contributed by atoms with Crippen molar-refractivity contribution < 1.29 is 0 Å². The molecule has 0 saturated carbocycles. The molecule has 1 aromatic heterocycles. The highest BCUT2D eigenvalue weighted by Gasteiger charge is 2.20. The molecule has 3 nitrogen and oxygen atoms in total. The summed E-state index contributed by atoms with van der Waals surface area (Å²) in [5, 5.41) is 9.59. The van der Waals surface area contributed by atoms with E-state index in [1.807, 2.05) is 37.8 Å². The minimum atomic E-state index is 0.0220. The molecule has 1 atom stereocenters. The maximum atomic E-state index is 6.42. The number of hydrogen-bond donors (Lipinski definition) is 1. The third kappa shape index (κ3) is 3.37. The molecule has 21 heavy (non-hydrogen) atoms. The van der Waals surface area contributed by atoms with E-state index >= 15 is 0 Å². The summed E-state index contributed by atoms with van der Waals surface area (Å²) in [6, 6.07) is 5.68. The molecule has 114 valence electrons. The third-order valence-electron chi connectivity index (χ3n) is 3.61. The van der Waals surface area contributed by atoms with E-state index in [0.29, 0.717) is 16.5 Å². The molecule has 2 rings (SSSR count). The fourth-order valence-electron chi connectivity index (χ4n) is 2.39. The lowest BCUT2D eigenvalue weighted by atomic mass is 10.0. The van der Waals surface area contributed by atoms with Crippen LogP contribution in [0.15, 0.2) is 18.2 Å². The van der Waals surface area contributed by atoms with E-state index in [9.17, 15) is 0 Å². The lowest BCUT2D eigenvalue weighted by molar-refractivity contribution is 0.561. The Kier molecular flexibility index (Phi) is 5.55. The number of likely N-dealkylation sites (N-methyl/N-ethyl adjacent to an activating group) is 1. The molecule has 0 spiro atoms. The number of rotatable bonds is 5. The van der Waals surface area contributed by atoms with Crippen LogP contribution in [0.25, 0.3) is 0 Å². The zero-order valence-electron chi connectivity index (χ0n) is 12.3. The largest absolute Gasteiger partial charge is 0.313 e. The predicted molar refractivity (Wildman–Crippen MR) is 89.6 cm³/mol. The number of nitrogens with one attached hydrogen (secondary N) is 1. The van der Waals surface area contributed by atoms with Gasteiger partial charge in [-0.1, -0.05) is 53.9 Å². The number of nitrogens with zero attached hydrogens (tertiary/aromatic N) is 2. The van der Waals surface area contributed by atoms with Gasteiger partial charge in [0, 0.05) is 19.5 Å². The van der Waals surface area contributed by atoms with E-state index in [4.69, 9.17) is 34.8 Å². The summed E-state index contributed by atoms with van der Waals surface area (Å²) in [7, 11) is 3.81. The van der Waals surface area contributed by atoms with E-state index in [1.54, 1.807) is 6.07 Å². The van der Waals surface area contributed by atoms with E-state index in [1.165, 1.54) is 0 Å². The van der Waals surface area contributed by atoms with E-state index in [0.717, 1.165) is 28.4 Å². The lowest BCUT2D eigenvalue weighted by Gasteiger charge is -2.19. The second-order valence-corrected chi connectivity index (χ2v) is 6.04. The van der Waals surface area contributed by atoms with Crippen LogP contribution < -0.4 is 5.32 Å². The summed E-state index contributed by atoms with van der Waals surface area (Å²) in [5.41, 5.74) is 2.87. The maximum absolute atomic E-state index is 6.42. The number of benzene rings is 1. The highest BCUT2D eigenvalue weighted by molar-refractivity contribution is 6.42. The van der Waals surface area contributed by atoms with Crippen molar-refractivity contribution in [2.75, 3.05) is 7.05 Å². The van der Waals surface area contributed by atoms with Gasteiger partial charge in [0.05, 0.1) is 26.5 Å². The Hall–Kier alpha value is -0.740. The van der Waals surface area contributed by atoms with Crippen molar-refractivity contribution in [3.05, 3.63) is 50.2 Å². The van der Waals surface area contributed by atoms with Crippen molar-refractivity contribution in [3.8, 4) is 0 Å². The van der Waals surface area contributed by atoms with Gasteiger partial charge in [0.25, 0.3) is 0 Å². The van der Waals surface area contributed by atoms with Gasteiger partial charge in [-0.15, -0.1) is 0 Å². The van der Waals surface area contributed by atoms with Gasteiger partial charge in [-0.25, -0.2) is 0 Å². The Balaban J connectivity index is 2.36. The normalized spacial score (nSPS) is 12.7. The first-order chi connectivity index (χ1) is 9.99. The van der Waals surface area contributed by atoms with Gasteiger partial charge in [0.1, 0.15) is 0 Å². The molecule has 0 saturated heterocycles. The van der Waals surface area contributed by atoms with Crippen molar-refractivity contribution in [2.45, 2.75) is 25.8 Å². The minimum Gasteiger partial charge on any atom is -0.313 e. The highest BCUT2D eigenvalue weighted by atomic mass is 35.5.